The molecule has 0 radical (unpaired) electrons. The van der Waals surface area contributed by atoms with Gasteiger partial charge in [-0.05, 0) is 36.2 Å². The summed E-state index contributed by atoms with van der Waals surface area (Å²) >= 11 is 1.01. The minimum atomic E-state index is -1.01. The van der Waals surface area contributed by atoms with Gasteiger partial charge >= 0.3 is 0 Å². The van der Waals surface area contributed by atoms with Crippen molar-refractivity contribution < 1.29 is 28.2 Å². The maximum atomic E-state index is 14.3. The van der Waals surface area contributed by atoms with Crippen molar-refractivity contribution >= 4 is 34.8 Å². The lowest BCUT2D eigenvalue weighted by atomic mass is 10.1. The third kappa shape index (κ3) is 4.33. The van der Waals surface area contributed by atoms with E-state index in [-0.39, 0.29) is 28.5 Å². The summed E-state index contributed by atoms with van der Waals surface area (Å²) in [5.41, 5.74) is 0.262. The van der Waals surface area contributed by atoms with Gasteiger partial charge in [0, 0.05) is 11.8 Å². The molecule has 0 aliphatic carbocycles. The Hall–Kier alpha value is -2.71. The molecule has 1 heterocycles. The van der Waals surface area contributed by atoms with Gasteiger partial charge in [0.2, 0.25) is 0 Å². The molecule has 3 rings (SSSR count). The van der Waals surface area contributed by atoms with Crippen LogP contribution in [0.5, 0.6) is 5.75 Å². The highest BCUT2D eigenvalue weighted by molar-refractivity contribution is 8.04. The Kier molecular flexibility index (Phi) is 6.66. The molecule has 1 N–H and O–H groups in total. The van der Waals surface area contributed by atoms with Crippen molar-refractivity contribution in [2.75, 3.05) is 23.9 Å². The van der Waals surface area contributed by atoms with Crippen molar-refractivity contribution in [2.45, 2.75) is 13.3 Å². The number of aliphatic hydroxyl groups excluding tert-OH is 1. The van der Waals surface area contributed by atoms with E-state index in [0.29, 0.717) is 28.9 Å². The van der Waals surface area contributed by atoms with E-state index in [1.165, 1.54) is 0 Å². The second kappa shape index (κ2) is 9.19. The molecule has 8 heteroatoms. The van der Waals surface area contributed by atoms with Crippen LogP contribution in [0.1, 0.15) is 18.9 Å². The van der Waals surface area contributed by atoms with Crippen molar-refractivity contribution in [1.29, 1.82) is 0 Å². The van der Waals surface area contributed by atoms with Crippen molar-refractivity contribution in [3.05, 3.63) is 64.6 Å². The van der Waals surface area contributed by atoms with Crippen molar-refractivity contribution in [1.82, 2.24) is 0 Å². The van der Waals surface area contributed by atoms with Gasteiger partial charge in [-0.3, -0.25) is 9.59 Å². The van der Waals surface area contributed by atoms with E-state index in [1.807, 2.05) is 6.92 Å². The number of hydrogen-bond donors (Lipinski definition) is 1. The normalized spacial score (nSPS) is 14.1. The van der Waals surface area contributed by atoms with E-state index in [9.17, 15) is 18.4 Å². The molecule has 2 aromatic rings. The number of hydrogen-bond acceptors (Lipinski definition) is 5. The maximum Gasteiger partial charge on any atom is 0.272 e. The van der Waals surface area contributed by atoms with E-state index in [1.54, 1.807) is 24.3 Å². The second-order valence-electron chi connectivity index (χ2n) is 6.19. The molecule has 0 bridgehead atoms. The lowest BCUT2D eigenvalue weighted by Gasteiger charge is -2.16. The molecule has 152 valence electrons. The molecule has 1 aliphatic rings. The van der Waals surface area contributed by atoms with Gasteiger partial charge in [0.15, 0.2) is 0 Å². The lowest BCUT2D eigenvalue weighted by Crippen LogP contribution is -2.32. The van der Waals surface area contributed by atoms with E-state index < -0.39 is 23.4 Å². The molecular formula is C21H19F2NO4S. The van der Waals surface area contributed by atoms with Crippen LogP contribution in [-0.2, 0) is 9.59 Å². The van der Waals surface area contributed by atoms with Crippen LogP contribution in [0, 0.1) is 11.6 Å². The quantitative estimate of drug-likeness (QED) is 0.660. The third-order valence-corrected chi connectivity index (χ3v) is 5.20. The molecule has 1 aliphatic heterocycles. The SMILES string of the molecule is CCCOc1ccc(C2=C(SCCO)C(=O)N(c3ccc(F)cc3F)C2=O)cc1. The Balaban J connectivity index is 2.00. The van der Waals surface area contributed by atoms with Crippen molar-refractivity contribution in [2.24, 2.45) is 0 Å². The fourth-order valence-electron chi connectivity index (χ4n) is 2.86. The molecule has 0 spiro atoms. The highest BCUT2D eigenvalue weighted by Gasteiger charge is 2.41. The Morgan fingerprint density at radius 2 is 1.79 bits per heavy atom. The van der Waals surface area contributed by atoms with Crippen LogP contribution in [0.2, 0.25) is 0 Å². The zero-order valence-corrected chi connectivity index (χ0v) is 16.5. The number of amides is 2. The van der Waals surface area contributed by atoms with Gasteiger partial charge in [0.05, 0.1) is 29.4 Å². The Labute approximate surface area is 171 Å². The highest BCUT2D eigenvalue weighted by Crippen LogP contribution is 2.39. The molecule has 0 unspecified atom stereocenters. The predicted octanol–water partition coefficient (Wildman–Crippen LogP) is 3.76. The summed E-state index contributed by atoms with van der Waals surface area (Å²) in [6, 6.07) is 9.33. The number of halogens is 2. The van der Waals surface area contributed by atoms with Crippen molar-refractivity contribution in [3.8, 4) is 5.75 Å². The van der Waals surface area contributed by atoms with E-state index >= 15 is 0 Å². The molecule has 0 aromatic heterocycles. The Morgan fingerprint density at radius 3 is 2.41 bits per heavy atom. The zero-order valence-electron chi connectivity index (χ0n) is 15.7. The summed E-state index contributed by atoms with van der Waals surface area (Å²) in [5.74, 6) is -2.42. The summed E-state index contributed by atoms with van der Waals surface area (Å²) < 4.78 is 33.0. The number of benzene rings is 2. The Bertz CT molecular complexity index is 960. The molecule has 2 amide bonds. The number of carbonyl (C=O) groups excluding carboxylic acids is 2. The van der Waals surface area contributed by atoms with Gasteiger partial charge < -0.3 is 9.84 Å². The number of carbonyl (C=O) groups is 2. The largest absolute Gasteiger partial charge is 0.494 e. The summed E-state index contributed by atoms with van der Waals surface area (Å²) in [4.78, 5) is 26.8. The van der Waals surface area contributed by atoms with Gasteiger partial charge in [-0.2, -0.15) is 0 Å². The standard InChI is InChI=1S/C21H19F2NO4S/c1-2-10-28-15-6-3-13(4-7-15)18-19(29-11-9-25)21(27)24(20(18)26)17-8-5-14(22)12-16(17)23/h3-8,12,25H,2,9-11H2,1H3. The minimum Gasteiger partial charge on any atom is -0.494 e. The summed E-state index contributed by atoms with van der Waals surface area (Å²) in [5, 5.41) is 9.14. The Morgan fingerprint density at radius 1 is 1.07 bits per heavy atom. The highest BCUT2D eigenvalue weighted by atomic mass is 32.2. The third-order valence-electron chi connectivity index (χ3n) is 4.15. The first-order chi connectivity index (χ1) is 14.0. The first kappa shape index (κ1) is 21.0. The molecule has 29 heavy (non-hydrogen) atoms. The minimum absolute atomic E-state index is 0.106. The molecule has 0 saturated carbocycles. The van der Waals surface area contributed by atoms with Crippen LogP contribution in [0.3, 0.4) is 0 Å². The maximum absolute atomic E-state index is 14.3. The van der Waals surface area contributed by atoms with Crippen molar-refractivity contribution in [3.63, 3.8) is 0 Å². The van der Waals surface area contributed by atoms with Crippen LogP contribution >= 0.6 is 11.8 Å². The molecule has 0 saturated heterocycles. The van der Waals surface area contributed by atoms with Crippen LogP contribution in [0.4, 0.5) is 14.5 Å². The molecule has 2 aromatic carbocycles. The number of thioether (sulfide) groups is 1. The summed E-state index contributed by atoms with van der Waals surface area (Å²) in [7, 11) is 0. The first-order valence-corrected chi connectivity index (χ1v) is 10.0. The number of aliphatic hydroxyl groups is 1. The number of anilines is 1. The van der Waals surface area contributed by atoms with Gasteiger partial charge in [-0.15, -0.1) is 11.8 Å². The van der Waals surface area contributed by atoms with Gasteiger partial charge in [-0.1, -0.05) is 19.1 Å². The predicted molar refractivity (Wildman–Crippen MR) is 108 cm³/mol. The van der Waals surface area contributed by atoms with Gasteiger partial charge in [0.25, 0.3) is 11.8 Å². The fourth-order valence-corrected chi connectivity index (χ4v) is 3.72. The second-order valence-corrected chi connectivity index (χ2v) is 7.30. The van der Waals surface area contributed by atoms with Crippen LogP contribution in [0.15, 0.2) is 47.4 Å². The molecular weight excluding hydrogens is 400 g/mol. The number of ether oxygens (including phenoxy) is 1. The summed E-state index contributed by atoms with van der Waals surface area (Å²) in [6.45, 7) is 2.34. The lowest BCUT2D eigenvalue weighted by molar-refractivity contribution is -0.119. The molecule has 5 nitrogen and oxygen atoms in total. The summed E-state index contributed by atoms with van der Waals surface area (Å²) in [6.07, 6.45) is 0.847. The van der Waals surface area contributed by atoms with Crippen LogP contribution in [-0.4, -0.2) is 35.9 Å². The average molecular weight is 419 g/mol. The zero-order chi connectivity index (χ0) is 21.0. The first-order valence-electron chi connectivity index (χ1n) is 9.03. The smallest absolute Gasteiger partial charge is 0.272 e. The molecule has 0 atom stereocenters. The average Bonchev–Trinajstić information content (AvgIpc) is 2.95. The topological polar surface area (TPSA) is 66.8 Å². The monoisotopic (exact) mass is 419 g/mol. The number of nitrogens with zero attached hydrogens (tertiary/aromatic N) is 1. The fraction of sp³-hybridized carbons (Fsp3) is 0.238. The van der Waals surface area contributed by atoms with Crippen LogP contribution in [0.25, 0.3) is 5.57 Å². The van der Waals surface area contributed by atoms with Crippen LogP contribution < -0.4 is 9.64 Å². The van der Waals surface area contributed by atoms with E-state index in [0.717, 1.165) is 30.3 Å². The number of rotatable bonds is 8. The van der Waals surface area contributed by atoms with E-state index in [4.69, 9.17) is 9.84 Å². The van der Waals surface area contributed by atoms with Gasteiger partial charge in [0.1, 0.15) is 17.4 Å². The van der Waals surface area contributed by atoms with E-state index in [2.05, 4.69) is 0 Å². The van der Waals surface area contributed by atoms with Gasteiger partial charge in [-0.25, -0.2) is 13.7 Å². The number of imide groups is 1. The molecule has 0 fully saturated rings.